The summed E-state index contributed by atoms with van der Waals surface area (Å²) in [7, 11) is -2.61. The van der Waals surface area contributed by atoms with Gasteiger partial charge in [0, 0.05) is 12.3 Å². The zero-order chi connectivity index (χ0) is 17.2. The summed E-state index contributed by atoms with van der Waals surface area (Å²) in [5.74, 6) is -2.05. The van der Waals surface area contributed by atoms with Crippen molar-refractivity contribution in [1.29, 1.82) is 0 Å². The number of halogens is 3. The van der Waals surface area contributed by atoms with E-state index in [2.05, 4.69) is 0 Å². The third kappa shape index (κ3) is 5.98. The van der Waals surface area contributed by atoms with Gasteiger partial charge in [0.15, 0.2) is 8.32 Å². The summed E-state index contributed by atoms with van der Waals surface area (Å²) in [5.41, 5.74) is 5.11. The van der Waals surface area contributed by atoms with Crippen molar-refractivity contribution < 1.29 is 22.4 Å². The normalized spacial score (nSPS) is 16.9. The molecule has 0 bridgehead atoms. The quantitative estimate of drug-likeness (QED) is 0.747. The molecule has 2 atom stereocenters. The SMILES string of the molecule is CC(C)C(CC(N)=O)C(O[Si](C)(C)C(C)(C)C)C(F)(F)F. The fraction of sp³-hybridized carbons (Fsp3) is 0.929. The second kappa shape index (κ2) is 6.69. The van der Waals surface area contributed by atoms with Gasteiger partial charge in [-0.2, -0.15) is 13.2 Å². The van der Waals surface area contributed by atoms with Gasteiger partial charge in [0.1, 0.15) is 6.10 Å². The third-order valence-corrected chi connectivity index (χ3v) is 8.69. The lowest BCUT2D eigenvalue weighted by atomic mass is 9.87. The van der Waals surface area contributed by atoms with Gasteiger partial charge in [-0.15, -0.1) is 0 Å². The number of amides is 1. The van der Waals surface area contributed by atoms with Crippen LogP contribution in [0.3, 0.4) is 0 Å². The fourth-order valence-electron chi connectivity index (χ4n) is 1.82. The zero-order valence-electron chi connectivity index (χ0n) is 14.0. The van der Waals surface area contributed by atoms with Crippen LogP contribution in [0.5, 0.6) is 0 Å². The second-order valence-corrected chi connectivity index (χ2v) is 12.2. The summed E-state index contributed by atoms with van der Waals surface area (Å²) in [5, 5.41) is -0.343. The Morgan fingerprint density at radius 2 is 1.62 bits per heavy atom. The first-order chi connectivity index (χ1) is 9.09. The minimum absolute atomic E-state index is 0.323. The summed E-state index contributed by atoms with van der Waals surface area (Å²) in [6, 6.07) is 0. The maximum Gasteiger partial charge on any atom is 0.413 e. The molecule has 0 radical (unpaired) electrons. The molecule has 21 heavy (non-hydrogen) atoms. The highest BCUT2D eigenvalue weighted by atomic mass is 28.4. The van der Waals surface area contributed by atoms with Crippen molar-refractivity contribution in [2.75, 3.05) is 0 Å². The first-order valence-electron chi connectivity index (χ1n) is 7.12. The molecule has 0 aromatic carbocycles. The van der Waals surface area contributed by atoms with E-state index in [9.17, 15) is 18.0 Å². The third-order valence-electron chi connectivity index (χ3n) is 4.23. The number of carbonyl (C=O) groups excluding carboxylic acids is 1. The van der Waals surface area contributed by atoms with Crippen LogP contribution in [0.4, 0.5) is 13.2 Å². The highest BCUT2D eigenvalue weighted by Crippen LogP contribution is 2.42. The van der Waals surface area contributed by atoms with Crippen LogP contribution < -0.4 is 5.73 Å². The number of carbonyl (C=O) groups is 1. The molecule has 0 saturated heterocycles. The lowest BCUT2D eigenvalue weighted by molar-refractivity contribution is -0.218. The highest BCUT2D eigenvalue weighted by Gasteiger charge is 2.51. The Labute approximate surface area is 126 Å². The topological polar surface area (TPSA) is 52.3 Å². The van der Waals surface area contributed by atoms with Gasteiger partial charge < -0.3 is 10.2 Å². The molecule has 0 saturated carbocycles. The van der Waals surface area contributed by atoms with Crippen molar-refractivity contribution in [3.8, 4) is 0 Å². The summed E-state index contributed by atoms with van der Waals surface area (Å²) in [6.07, 6.45) is -6.79. The molecule has 0 aliphatic heterocycles. The molecule has 0 fully saturated rings. The maximum atomic E-state index is 13.4. The molecular weight excluding hydrogens is 299 g/mol. The lowest BCUT2D eigenvalue weighted by Gasteiger charge is -2.42. The van der Waals surface area contributed by atoms with Crippen LogP contribution in [-0.4, -0.2) is 26.5 Å². The molecule has 0 aliphatic rings. The smallest absolute Gasteiger partial charge is 0.405 e. The average Bonchev–Trinajstić information content (AvgIpc) is 2.19. The van der Waals surface area contributed by atoms with E-state index in [1.54, 1.807) is 26.9 Å². The molecule has 2 unspecified atom stereocenters. The van der Waals surface area contributed by atoms with E-state index in [1.807, 2.05) is 20.8 Å². The molecule has 0 spiro atoms. The Morgan fingerprint density at radius 3 is 1.86 bits per heavy atom. The van der Waals surface area contributed by atoms with Gasteiger partial charge in [0.2, 0.25) is 5.91 Å². The highest BCUT2D eigenvalue weighted by molar-refractivity contribution is 6.74. The van der Waals surface area contributed by atoms with E-state index in [-0.39, 0.29) is 17.4 Å². The molecule has 1 amide bonds. The average molecular weight is 327 g/mol. The van der Waals surface area contributed by atoms with Gasteiger partial charge in [-0.25, -0.2) is 0 Å². The maximum absolute atomic E-state index is 13.4. The number of hydrogen-bond acceptors (Lipinski definition) is 2. The molecule has 0 heterocycles. The van der Waals surface area contributed by atoms with Gasteiger partial charge >= 0.3 is 6.18 Å². The van der Waals surface area contributed by atoms with Crippen LogP contribution in [-0.2, 0) is 9.22 Å². The Bertz CT molecular complexity index is 362. The number of nitrogens with two attached hydrogens (primary N) is 1. The van der Waals surface area contributed by atoms with Crippen molar-refractivity contribution in [3.63, 3.8) is 0 Å². The van der Waals surface area contributed by atoms with Crippen LogP contribution >= 0.6 is 0 Å². The standard InChI is InChI=1S/C14H28F3NO2Si/c1-9(2)10(8-11(18)19)12(14(15,16)17)20-21(6,7)13(3,4)5/h9-10,12H,8H2,1-7H3,(H2,18,19). The molecule has 0 aromatic heterocycles. The minimum atomic E-state index is -4.51. The molecule has 0 rings (SSSR count). The molecule has 0 aliphatic carbocycles. The van der Waals surface area contributed by atoms with E-state index in [1.165, 1.54) is 0 Å². The van der Waals surface area contributed by atoms with Crippen molar-refractivity contribution in [2.45, 2.75) is 71.5 Å². The van der Waals surface area contributed by atoms with Gasteiger partial charge in [-0.1, -0.05) is 34.6 Å². The zero-order valence-corrected chi connectivity index (χ0v) is 15.0. The Hall–Kier alpha value is -0.563. The number of primary amides is 1. The van der Waals surface area contributed by atoms with Crippen LogP contribution in [0.2, 0.25) is 18.1 Å². The number of alkyl halides is 3. The van der Waals surface area contributed by atoms with Crippen LogP contribution in [0.25, 0.3) is 0 Å². The van der Waals surface area contributed by atoms with Crippen molar-refractivity contribution in [2.24, 2.45) is 17.6 Å². The molecule has 0 aromatic rings. The molecule has 7 heteroatoms. The molecule has 3 nitrogen and oxygen atoms in total. The van der Waals surface area contributed by atoms with E-state index < -0.39 is 32.4 Å². The first kappa shape index (κ1) is 20.4. The van der Waals surface area contributed by atoms with Crippen molar-refractivity contribution >= 4 is 14.2 Å². The Balaban J connectivity index is 5.53. The first-order valence-corrected chi connectivity index (χ1v) is 10.0. The van der Waals surface area contributed by atoms with Gasteiger partial charge in [-0.3, -0.25) is 4.79 Å². The van der Waals surface area contributed by atoms with Crippen molar-refractivity contribution in [1.82, 2.24) is 0 Å². The van der Waals surface area contributed by atoms with Crippen LogP contribution in [0.15, 0.2) is 0 Å². The summed E-state index contributed by atoms with van der Waals surface area (Å²) < 4.78 is 45.9. The Morgan fingerprint density at radius 1 is 1.19 bits per heavy atom. The van der Waals surface area contributed by atoms with Gasteiger partial charge in [0.05, 0.1) is 0 Å². The number of hydrogen-bond donors (Lipinski definition) is 1. The van der Waals surface area contributed by atoms with Crippen LogP contribution in [0, 0.1) is 11.8 Å². The van der Waals surface area contributed by atoms with E-state index in [0.29, 0.717) is 0 Å². The Kier molecular flexibility index (Phi) is 6.51. The summed E-state index contributed by atoms with van der Waals surface area (Å²) in [4.78, 5) is 11.1. The summed E-state index contributed by atoms with van der Waals surface area (Å²) >= 11 is 0. The van der Waals surface area contributed by atoms with E-state index in [4.69, 9.17) is 10.2 Å². The largest absolute Gasteiger partial charge is 0.413 e. The lowest BCUT2D eigenvalue weighted by Crippen LogP contribution is -2.52. The van der Waals surface area contributed by atoms with Crippen molar-refractivity contribution in [3.05, 3.63) is 0 Å². The van der Waals surface area contributed by atoms with E-state index >= 15 is 0 Å². The predicted molar refractivity (Wildman–Crippen MR) is 80.3 cm³/mol. The second-order valence-electron chi connectivity index (χ2n) is 7.42. The monoisotopic (exact) mass is 327 g/mol. The molecule has 126 valence electrons. The fourth-order valence-corrected chi connectivity index (χ4v) is 3.11. The van der Waals surface area contributed by atoms with Crippen LogP contribution in [0.1, 0.15) is 41.0 Å². The number of rotatable bonds is 6. The summed E-state index contributed by atoms with van der Waals surface area (Å²) in [6.45, 7) is 12.5. The molecular formula is C14H28F3NO2Si. The molecule has 2 N–H and O–H groups in total. The predicted octanol–water partition coefficient (Wildman–Crippen LogP) is 4.09. The van der Waals surface area contributed by atoms with Gasteiger partial charge in [0.25, 0.3) is 0 Å². The minimum Gasteiger partial charge on any atom is -0.405 e. The van der Waals surface area contributed by atoms with E-state index in [0.717, 1.165) is 0 Å². The van der Waals surface area contributed by atoms with Gasteiger partial charge in [-0.05, 0) is 24.1 Å².